The average Bonchev–Trinajstić information content (AvgIpc) is 2.55. The van der Waals surface area contributed by atoms with Gasteiger partial charge in [-0.1, -0.05) is 30.2 Å². The third-order valence-electron chi connectivity index (χ3n) is 4.24. The molecule has 1 saturated carbocycles. The molecule has 0 aromatic heterocycles. The third kappa shape index (κ3) is 4.34. The van der Waals surface area contributed by atoms with Crippen LogP contribution in [0.3, 0.4) is 0 Å². The first-order chi connectivity index (χ1) is 11.0. The first-order valence-electron chi connectivity index (χ1n) is 7.83. The summed E-state index contributed by atoms with van der Waals surface area (Å²) in [5, 5.41) is 1.78. The first-order valence-corrected chi connectivity index (χ1v) is 9.41. The van der Waals surface area contributed by atoms with Gasteiger partial charge in [-0.25, -0.2) is 13.4 Å². The summed E-state index contributed by atoms with van der Waals surface area (Å²) in [6.07, 6.45) is 2.75. The van der Waals surface area contributed by atoms with Crippen LogP contribution in [0.2, 0.25) is 0 Å². The van der Waals surface area contributed by atoms with Gasteiger partial charge >= 0.3 is 6.09 Å². The second-order valence-corrected chi connectivity index (χ2v) is 7.96. The van der Waals surface area contributed by atoms with Crippen molar-refractivity contribution in [2.24, 2.45) is 16.0 Å². The van der Waals surface area contributed by atoms with Crippen LogP contribution in [0.25, 0.3) is 0 Å². The van der Waals surface area contributed by atoms with Crippen LogP contribution in [0.15, 0.2) is 50.6 Å². The number of ether oxygens (including phenoxy) is 1. The number of rotatable bonds is 4. The third-order valence-corrected chi connectivity index (χ3v) is 6.35. The van der Waals surface area contributed by atoms with Gasteiger partial charge in [0.05, 0.1) is 14.6 Å². The predicted octanol–water partition coefficient (Wildman–Crippen LogP) is 3.70. The van der Waals surface area contributed by atoms with Gasteiger partial charge in [0.1, 0.15) is 6.10 Å². The molecular formula is C17H24N2O3S. The summed E-state index contributed by atoms with van der Waals surface area (Å²) in [7, 11) is -1.03. The fourth-order valence-electron chi connectivity index (χ4n) is 3.06. The molecule has 6 heteroatoms. The normalized spacial score (nSPS) is 23.7. The van der Waals surface area contributed by atoms with Crippen LogP contribution in [-0.2, 0) is 14.5 Å². The van der Waals surface area contributed by atoms with Gasteiger partial charge < -0.3 is 10.5 Å². The maximum absolute atomic E-state index is 13.2. The Morgan fingerprint density at radius 1 is 1.39 bits per heavy atom. The van der Waals surface area contributed by atoms with Crippen LogP contribution in [0.1, 0.15) is 32.6 Å². The van der Waals surface area contributed by atoms with Crippen molar-refractivity contribution in [3.63, 3.8) is 0 Å². The molecule has 1 aliphatic carbocycles. The molecule has 1 aromatic carbocycles. The fourth-order valence-corrected chi connectivity index (χ4v) is 4.76. The smallest absolute Gasteiger partial charge is 0.404 e. The van der Waals surface area contributed by atoms with Gasteiger partial charge in [0.15, 0.2) is 0 Å². The highest BCUT2D eigenvalue weighted by molar-refractivity contribution is 7.96. The number of benzene rings is 1. The van der Waals surface area contributed by atoms with Crippen LogP contribution in [0.4, 0.5) is 4.79 Å². The zero-order valence-corrected chi connectivity index (χ0v) is 14.4. The molecule has 1 unspecified atom stereocenters. The number of carbonyl (C=O) groups is 1. The van der Waals surface area contributed by atoms with Crippen LogP contribution < -0.4 is 5.73 Å². The lowest BCUT2D eigenvalue weighted by Gasteiger charge is -2.30. The van der Waals surface area contributed by atoms with E-state index in [1.807, 2.05) is 37.3 Å². The molecule has 1 aliphatic rings. The molecule has 0 saturated heterocycles. The lowest BCUT2D eigenvalue weighted by Crippen LogP contribution is -2.30. The number of primary amides is 1. The Morgan fingerprint density at radius 3 is 2.70 bits per heavy atom. The number of nitrogens with two attached hydrogens (primary N) is 1. The minimum absolute atomic E-state index is 0.0440. The summed E-state index contributed by atoms with van der Waals surface area (Å²) < 4.78 is 22.5. The average molecular weight is 336 g/mol. The largest absolute Gasteiger partial charge is 0.446 e. The van der Waals surface area contributed by atoms with E-state index in [0.29, 0.717) is 4.90 Å². The van der Waals surface area contributed by atoms with Crippen LogP contribution in [0, 0.1) is 5.92 Å². The molecule has 0 aliphatic heterocycles. The maximum Gasteiger partial charge on any atom is 0.404 e. The summed E-state index contributed by atoms with van der Waals surface area (Å²) >= 11 is 0. The van der Waals surface area contributed by atoms with E-state index in [1.165, 1.54) is 0 Å². The predicted molar refractivity (Wildman–Crippen MR) is 91.4 cm³/mol. The van der Waals surface area contributed by atoms with Crippen molar-refractivity contribution in [2.45, 2.75) is 43.6 Å². The topological polar surface area (TPSA) is 81.8 Å². The molecule has 0 radical (unpaired) electrons. The maximum atomic E-state index is 13.2. The van der Waals surface area contributed by atoms with Crippen LogP contribution >= 0.6 is 0 Å². The van der Waals surface area contributed by atoms with E-state index in [4.69, 9.17) is 10.5 Å². The molecule has 23 heavy (non-hydrogen) atoms. The van der Waals surface area contributed by atoms with Crippen molar-refractivity contribution in [3.8, 4) is 0 Å². The molecular weight excluding hydrogens is 312 g/mol. The molecule has 0 bridgehead atoms. The summed E-state index contributed by atoms with van der Waals surface area (Å²) in [6.45, 7) is 1.84. The highest BCUT2D eigenvalue weighted by Gasteiger charge is 2.28. The fraction of sp³-hybridized carbons (Fsp3) is 0.471. The molecule has 5 nitrogen and oxygen atoms in total. The number of nitrogens with zero attached hydrogens (tertiary/aromatic N) is 1. The molecule has 1 aromatic rings. The molecule has 2 rings (SSSR count). The molecule has 0 heterocycles. The SMILES string of the molecule is CN=S(=O)(/C=C1\CCCC[C@@H]1[C@@H](C)OC(N)=O)c1ccccc1. The lowest BCUT2D eigenvalue weighted by atomic mass is 9.82. The van der Waals surface area contributed by atoms with Crippen LogP contribution in [0.5, 0.6) is 0 Å². The number of amides is 1. The summed E-state index contributed by atoms with van der Waals surface area (Å²) in [4.78, 5) is 11.7. The zero-order valence-electron chi connectivity index (χ0n) is 13.6. The highest BCUT2D eigenvalue weighted by Crippen LogP contribution is 2.34. The Morgan fingerprint density at radius 2 is 2.09 bits per heavy atom. The Balaban J connectivity index is 2.37. The van der Waals surface area contributed by atoms with Crippen molar-refractivity contribution in [2.75, 3.05) is 7.05 Å². The van der Waals surface area contributed by atoms with Crippen molar-refractivity contribution in [3.05, 3.63) is 41.3 Å². The monoisotopic (exact) mass is 336 g/mol. The van der Waals surface area contributed by atoms with E-state index in [9.17, 15) is 9.00 Å². The minimum Gasteiger partial charge on any atom is -0.446 e. The van der Waals surface area contributed by atoms with Gasteiger partial charge in [-0.2, -0.15) is 0 Å². The summed E-state index contributed by atoms with van der Waals surface area (Å²) in [5.74, 6) is 0.0440. The first kappa shape index (κ1) is 17.5. The van der Waals surface area contributed by atoms with Crippen LogP contribution in [-0.4, -0.2) is 23.5 Å². The van der Waals surface area contributed by atoms with E-state index in [-0.39, 0.29) is 12.0 Å². The molecule has 3 atom stereocenters. The molecule has 0 spiro atoms. The Hall–Kier alpha value is -1.82. The zero-order chi connectivity index (χ0) is 16.9. The van der Waals surface area contributed by atoms with E-state index in [1.54, 1.807) is 12.5 Å². The lowest BCUT2D eigenvalue weighted by molar-refractivity contribution is 0.0825. The van der Waals surface area contributed by atoms with E-state index >= 15 is 0 Å². The molecule has 1 amide bonds. The Bertz CT molecular complexity index is 691. The second-order valence-electron chi connectivity index (χ2n) is 5.75. The van der Waals surface area contributed by atoms with Crippen molar-refractivity contribution in [1.82, 2.24) is 0 Å². The summed E-state index contributed by atoms with van der Waals surface area (Å²) in [6, 6.07) is 9.26. The standard InChI is InChI=1S/C17H24N2O3S/c1-13(22-17(18)20)16-11-7-6-8-14(16)12-23(21,19-2)15-9-4-3-5-10-15/h3-5,9-10,12-13,16H,6-8,11H2,1-2H3,(H2,18,20)/b14-12+/t13-,16-,23?/m1/s1. The van der Waals surface area contributed by atoms with Gasteiger partial charge in [-0.05, 0) is 38.3 Å². The molecule has 1 fully saturated rings. The van der Waals surface area contributed by atoms with Gasteiger partial charge in [0, 0.05) is 18.4 Å². The van der Waals surface area contributed by atoms with Gasteiger partial charge in [-0.15, -0.1) is 0 Å². The highest BCUT2D eigenvalue weighted by atomic mass is 32.2. The molecule has 126 valence electrons. The number of hydrogen-bond donors (Lipinski definition) is 1. The Labute approximate surface area is 138 Å². The summed E-state index contributed by atoms with van der Waals surface area (Å²) in [5.41, 5.74) is 6.18. The molecule has 2 N–H and O–H groups in total. The minimum atomic E-state index is -2.61. The van der Waals surface area contributed by atoms with E-state index in [2.05, 4.69) is 4.36 Å². The van der Waals surface area contributed by atoms with Crippen molar-refractivity contribution < 1.29 is 13.7 Å². The number of carbonyl (C=O) groups excluding carboxylic acids is 1. The van der Waals surface area contributed by atoms with Gasteiger partial charge in [0.25, 0.3) is 0 Å². The second kappa shape index (κ2) is 7.64. The van der Waals surface area contributed by atoms with Crippen molar-refractivity contribution in [1.29, 1.82) is 0 Å². The van der Waals surface area contributed by atoms with Crippen molar-refractivity contribution >= 4 is 15.8 Å². The Kier molecular flexibility index (Phi) is 5.82. The van der Waals surface area contributed by atoms with E-state index in [0.717, 1.165) is 31.3 Å². The quantitative estimate of drug-likeness (QED) is 0.910. The van der Waals surface area contributed by atoms with Gasteiger partial charge in [0.2, 0.25) is 0 Å². The van der Waals surface area contributed by atoms with Gasteiger partial charge in [-0.3, -0.25) is 0 Å². The number of hydrogen-bond acceptors (Lipinski definition) is 4. The van der Waals surface area contributed by atoms with E-state index < -0.39 is 15.8 Å².